The molecule has 2 aromatic heterocycles. The fourth-order valence-corrected chi connectivity index (χ4v) is 2.60. The third kappa shape index (κ3) is 2.88. The van der Waals surface area contributed by atoms with Crippen molar-refractivity contribution in [2.24, 2.45) is 5.14 Å². The van der Waals surface area contributed by atoms with Gasteiger partial charge in [0.25, 0.3) is 0 Å². The highest BCUT2D eigenvalue weighted by Gasteiger charge is 2.06. The predicted molar refractivity (Wildman–Crippen MR) is 80.3 cm³/mol. The highest BCUT2D eigenvalue weighted by molar-refractivity contribution is 7.89. The molecular weight excluding hydrogens is 288 g/mol. The lowest BCUT2D eigenvalue weighted by Crippen LogP contribution is -2.12. The zero-order valence-electron chi connectivity index (χ0n) is 11.1. The Morgan fingerprint density at radius 3 is 2.62 bits per heavy atom. The number of hydrogen-bond donors (Lipinski definition) is 2. The summed E-state index contributed by atoms with van der Waals surface area (Å²) < 4.78 is 24.3. The molecule has 0 atom stereocenters. The van der Waals surface area contributed by atoms with Gasteiger partial charge in [-0.1, -0.05) is 18.2 Å². The van der Waals surface area contributed by atoms with E-state index in [9.17, 15) is 8.42 Å². The maximum absolute atomic E-state index is 11.2. The Kier molecular flexibility index (Phi) is 3.36. The molecule has 0 spiro atoms. The average molecular weight is 302 g/mol. The minimum atomic E-state index is -3.64. The maximum Gasteiger partial charge on any atom is 0.238 e. The zero-order chi connectivity index (χ0) is 14.9. The minimum Gasteiger partial charge on any atom is -0.367 e. The number of rotatable bonds is 4. The summed E-state index contributed by atoms with van der Waals surface area (Å²) in [6.07, 6.45) is 3.61. The first-order valence-electron chi connectivity index (χ1n) is 6.32. The van der Waals surface area contributed by atoms with Crippen molar-refractivity contribution in [2.45, 2.75) is 11.4 Å². The Morgan fingerprint density at radius 1 is 1.14 bits per heavy atom. The zero-order valence-corrected chi connectivity index (χ0v) is 11.9. The highest BCUT2D eigenvalue weighted by atomic mass is 32.2. The number of nitrogens with one attached hydrogen (secondary N) is 1. The normalized spacial score (nSPS) is 11.7. The maximum atomic E-state index is 11.2. The summed E-state index contributed by atoms with van der Waals surface area (Å²) in [4.78, 5) is 4.33. The molecule has 0 saturated heterocycles. The quantitative estimate of drug-likeness (QED) is 0.766. The van der Waals surface area contributed by atoms with Crippen molar-refractivity contribution in [2.75, 3.05) is 5.32 Å². The van der Waals surface area contributed by atoms with Crippen LogP contribution in [-0.2, 0) is 16.6 Å². The number of anilines is 1. The summed E-state index contributed by atoms with van der Waals surface area (Å²) in [6, 6.07) is 12.3. The molecular formula is C14H14N4O2S. The Hall–Kier alpha value is -2.38. The van der Waals surface area contributed by atoms with E-state index in [1.807, 2.05) is 28.8 Å². The first kappa shape index (κ1) is 13.6. The van der Waals surface area contributed by atoms with Crippen molar-refractivity contribution in [3.8, 4) is 0 Å². The summed E-state index contributed by atoms with van der Waals surface area (Å²) in [6.45, 7) is 0.572. The molecule has 2 heterocycles. The Bertz CT molecular complexity index is 869. The van der Waals surface area contributed by atoms with Crippen molar-refractivity contribution in [3.63, 3.8) is 0 Å². The van der Waals surface area contributed by atoms with E-state index in [-0.39, 0.29) is 4.90 Å². The third-order valence-corrected chi connectivity index (χ3v) is 4.08. The van der Waals surface area contributed by atoms with Gasteiger partial charge in [0.1, 0.15) is 11.5 Å². The summed E-state index contributed by atoms with van der Waals surface area (Å²) in [5, 5.41) is 8.36. The van der Waals surface area contributed by atoms with Crippen LogP contribution in [-0.4, -0.2) is 17.8 Å². The van der Waals surface area contributed by atoms with E-state index in [1.165, 1.54) is 12.1 Å². The number of sulfonamides is 1. The second-order valence-corrected chi connectivity index (χ2v) is 6.17. The van der Waals surface area contributed by atoms with Crippen LogP contribution in [0.1, 0.15) is 5.56 Å². The van der Waals surface area contributed by atoms with Crippen molar-refractivity contribution in [3.05, 3.63) is 60.4 Å². The molecule has 3 N–H and O–H groups in total. The lowest BCUT2D eigenvalue weighted by atomic mass is 10.2. The molecule has 3 rings (SSSR count). The smallest absolute Gasteiger partial charge is 0.238 e. The van der Waals surface area contributed by atoms with Gasteiger partial charge < -0.3 is 5.32 Å². The van der Waals surface area contributed by atoms with E-state index >= 15 is 0 Å². The number of hydrogen-bond acceptors (Lipinski definition) is 4. The molecule has 0 aliphatic rings. The van der Waals surface area contributed by atoms with E-state index in [0.717, 1.165) is 17.0 Å². The van der Waals surface area contributed by atoms with Gasteiger partial charge in [-0.15, -0.1) is 0 Å². The molecule has 21 heavy (non-hydrogen) atoms. The topological polar surface area (TPSA) is 89.5 Å². The monoisotopic (exact) mass is 302 g/mol. The average Bonchev–Trinajstić information content (AvgIpc) is 2.93. The van der Waals surface area contributed by atoms with Crippen LogP contribution >= 0.6 is 0 Å². The molecule has 7 heteroatoms. The van der Waals surface area contributed by atoms with Crippen LogP contribution in [0, 0.1) is 0 Å². The molecule has 0 bridgehead atoms. The van der Waals surface area contributed by atoms with Crippen LogP contribution in [0.15, 0.2) is 59.8 Å². The number of nitrogens with two attached hydrogens (primary N) is 1. The summed E-state index contributed by atoms with van der Waals surface area (Å²) in [5.41, 5.74) is 1.82. The summed E-state index contributed by atoms with van der Waals surface area (Å²) in [7, 11) is -3.64. The van der Waals surface area contributed by atoms with E-state index in [2.05, 4.69) is 10.3 Å². The number of fused-ring (bicyclic) bond motifs is 1. The van der Waals surface area contributed by atoms with Gasteiger partial charge in [-0.3, -0.25) is 4.40 Å². The molecule has 3 aromatic rings. The van der Waals surface area contributed by atoms with Crippen LogP contribution in [0.3, 0.4) is 0 Å². The van der Waals surface area contributed by atoms with Gasteiger partial charge in [-0.25, -0.2) is 18.5 Å². The lowest BCUT2D eigenvalue weighted by Gasteiger charge is -2.09. The molecule has 0 aliphatic carbocycles. The van der Waals surface area contributed by atoms with Crippen molar-refractivity contribution in [1.82, 2.24) is 9.38 Å². The van der Waals surface area contributed by atoms with Gasteiger partial charge in [0, 0.05) is 18.9 Å². The summed E-state index contributed by atoms with van der Waals surface area (Å²) >= 11 is 0. The van der Waals surface area contributed by atoms with Crippen LogP contribution < -0.4 is 10.5 Å². The van der Waals surface area contributed by atoms with Crippen molar-refractivity contribution >= 4 is 21.5 Å². The SMILES string of the molecule is NS(=O)(=O)c1ccc(CNc2cccc3nccn23)cc1. The van der Waals surface area contributed by atoms with E-state index < -0.39 is 10.0 Å². The van der Waals surface area contributed by atoms with Crippen LogP contribution in [0.25, 0.3) is 5.65 Å². The first-order chi connectivity index (χ1) is 10.0. The standard InChI is InChI=1S/C14H14N4O2S/c15-21(19,20)12-6-4-11(5-7-12)10-17-14-3-1-2-13-16-8-9-18(13)14/h1-9,17H,10H2,(H2,15,19,20). The molecule has 0 amide bonds. The number of pyridine rings is 1. The van der Waals surface area contributed by atoms with Gasteiger partial charge in [0.2, 0.25) is 10.0 Å². The number of benzene rings is 1. The predicted octanol–water partition coefficient (Wildman–Crippen LogP) is 1.59. The van der Waals surface area contributed by atoms with Gasteiger partial charge in [-0.05, 0) is 29.8 Å². The van der Waals surface area contributed by atoms with Gasteiger partial charge >= 0.3 is 0 Å². The van der Waals surface area contributed by atoms with Crippen LogP contribution in [0.5, 0.6) is 0 Å². The van der Waals surface area contributed by atoms with E-state index in [0.29, 0.717) is 6.54 Å². The minimum absolute atomic E-state index is 0.114. The Balaban J connectivity index is 1.77. The fourth-order valence-electron chi connectivity index (χ4n) is 2.08. The third-order valence-electron chi connectivity index (χ3n) is 3.15. The van der Waals surface area contributed by atoms with E-state index in [4.69, 9.17) is 5.14 Å². The molecule has 108 valence electrons. The molecule has 0 aliphatic heterocycles. The van der Waals surface area contributed by atoms with Gasteiger partial charge in [0.15, 0.2) is 0 Å². The molecule has 6 nitrogen and oxygen atoms in total. The molecule has 0 unspecified atom stereocenters. The molecule has 1 aromatic carbocycles. The van der Waals surface area contributed by atoms with Gasteiger partial charge in [-0.2, -0.15) is 0 Å². The van der Waals surface area contributed by atoms with Crippen LogP contribution in [0.2, 0.25) is 0 Å². The Labute approximate surface area is 122 Å². The first-order valence-corrected chi connectivity index (χ1v) is 7.86. The number of nitrogens with zero attached hydrogens (tertiary/aromatic N) is 2. The largest absolute Gasteiger partial charge is 0.367 e. The summed E-state index contributed by atoms with van der Waals surface area (Å²) in [5.74, 6) is 0.917. The van der Waals surface area contributed by atoms with E-state index in [1.54, 1.807) is 18.3 Å². The second kappa shape index (κ2) is 5.19. The Morgan fingerprint density at radius 2 is 1.90 bits per heavy atom. The number of primary sulfonamides is 1. The van der Waals surface area contributed by atoms with Crippen molar-refractivity contribution in [1.29, 1.82) is 0 Å². The molecule has 0 fully saturated rings. The second-order valence-electron chi connectivity index (χ2n) is 4.61. The highest BCUT2D eigenvalue weighted by Crippen LogP contribution is 2.14. The fraction of sp³-hybridized carbons (Fsp3) is 0.0714. The van der Waals surface area contributed by atoms with Crippen LogP contribution in [0.4, 0.5) is 5.82 Å². The number of imidazole rings is 1. The number of aromatic nitrogens is 2. The van der Waals surface area contributed by atoms with Crippen molar-refractivity contribution < 1.29 is 8.42 Å². The molecule has 0 radical (unpaired) electrons. The lowest BCUT2D eigenvalue weighted by molar-refractivity contribution is 0.598. The molecule has 0 saturated carbocycles. The van der Waals surface area contributed by atoms with Gasteiger partial charge in [0.05, 0.1) is 4.90 Å².